The highest BCUT2D eigenvalue weighted by molar-refractivity contribution is 6.15. The molecular weight excluding hydrogens is 270 g/mol. The fourth-order valence-electron chi connectivity index (χ4n) is 2.86. The molecule has 3 heterocycles. The van der Waals surface area contributed by atoms with Gasteiger partial charge in [0.15, 0.2) is 0 Å². The van der Waals surface area contributed by atoms with E-state index in [1.165, 1.54) is 28.0 Å². The molecule has 1 aliphatic heterocycles. The van der Waals surface area contributed by atoms with E-state index in [4.69, 9.17) is 4.99 Å². The Morgan fingerprint density at radius 2 is 1.59 bits per heavy atom. The summed E-state index contributed by atoms with van der Waals surface area (Å²) in [5, 5.41) is 0. The maximum Gasteiger partial charge on any atom is 0.0904 e. The minimum Gasteiger partial charge on any atom is -0.359 e. The molecule has 0 spiro atoms. The highest BCUT2D eigenvalue weighted by Gasteiger charge is 2.20. The molecule has 0 fully saturated rings. The first kappa shape index (κ1) is 14.6. The third-order valence-corrected chi connectivity index (χ3v) is 4.75. The number of nitrogens with one attached hydrogen (secondary N) is 2. The molecule has 22 heavy (non-hydrogen) atoms. The van der Waals surface area contributed by atoms with Gasteiger partial charge in [-0.1, -0.05) is 0 Å². The predicted octanol–water partition coefficient (Wildman–Crippen LogP) is 4.76. The monoisotopic (exact) mass is 293 g/mol. The van der Waals surface area contributed by atoms with Crippen molar-refractivity contribution >= 4 is 11.8 Å². The van der Waals surface area contributed by atoms with Crippen molar-refractivity contribution < 1.29 is 0 Å². The molecule has 0 atom stereocenters. The van der Waals surface area contributed by atoms with Crippen molar-refractivity contribution in [1.82, 2.24) is 9.97 Å². The largest absolute Gasteiger partial charge is 0.359 e. The van der Waals surface area contributed by atoms with Crippen LogP contribution < -0.4 is 0 Å². The highest BCUT2D eigenvalue weighted by Crippen LogP contribution is 2.30. The number of aromatic nitrogens is 2. The van der Waals surface area contributed by atoms with E-state index in [-0.39, 0.29) is 0 Å². The van der Waals surface area contributed by atoms with Gasteiger partial charge in [-0.3, -0.25) is 0 Å². The smallest absolute Gasteiger partial charge is 0.0904 e. The number of aliphatic imine (C=N–C) groups is 1. The van der Waals surface area contributed by atoms with Gasteiger partial charge in [-0.05, 0) is 82.0 Å². The third-order valence-electron chi connectivity index (χ3n) is 4.75. The Labute approximate surface area is 131 Å². The van der Waals surface area contributed by atoms with Gasteiger partial charge in [-0.2, -0.15) is 0 Å². The number of hydrogen-bond acceptors (Lipinski definition) is 1. The molecule has 0 aromatic carbocycles. The molecule has 0 unspecified atom stereocenters. The van der Waals surface area contributed by atoms with E-state index in [1.807, 2.05) is 0 Å². The minimum absolute atomic E-state index is 1.05. The van der Waals surface area contributed by atoms with Crippen LogP contribution in [0, 0.1) is 27.7 Å². The number of allylic oxidation sites excluding steroid dienone is 2. The molecule has 0 saturated carbocycles. The molecule has 2 aromatic rings. The molecule has 0 radical (unpaired) electrons. The van der Waals surface area contributed by atoms with Crippen LogP contribution in [-0.4, -0.2) is 15.7 Å². The number of nitrogens with zero attached hydrogens (tertiary/aromatic N) is 1. The van der Waals surface area contributed by atoms with E-state index in [0.717, 1.165) is 28.5 Å². The van der Waals surface area contributed by atoms with Gasteiger partial charge in [0.05, 0.1) is 17.1 Å². The Kier molecular flexibility index (Phi) is 3.44. The average molecular weight is 293 g/mol. The quantitative estimate of drug-likeness (QED) is 0.802. The summed E-state index contributed by atoms with van der Waals surface area (Å²) < 4.78 is 0. The second kappa shape index (κ2) is 5.16. The average Bonchev–Trinajstić information content (AvgIpc) is 3.09. The number of aryl methyl sites for hydroxylation is 2. The van der Waals surface area contributed by atoms with Crippen LogP contribution in [0.15, 0.2) is 34.0 Å². The van der Waals surface area contributed by atoms with Crippen molar-refractivity contribution in [1.29, 1.82) is 0 Å². The van der Waals surface area contributed by atoms with Gasteiger partial charge in [-0.25, -0.2) is 4.99 Å². The summed E-state index contributed by atoms with van der Waals surface area (Å²) in [5.74, 6) is 0. The Bertz CT molecular complexity index is 838. The van der Waals surface area contributed by atoms with Crippen LogP contribution in [0.3, 0.4) is 0 Å². The van der Waals surface area contributed by atoms with E-state index in [0.29, 0.717) is 0 Å². The number of aromatic amines is 2. The zero-order chi connectivity index (χ0) is 16.0. The van der Waals surface area contributed by atoms with E-state index >= 15 is 0 Å². The van der Waals surface area contributed by atoms with Gasteiger partial charge in [0.1, 0.15) is 0 Å². The highest BCUT2D eigenvalue weighted by atomic mass is 14.9. The number of rotatable bonds is 2. The van der Waals surface area contributed by atoms with Crippen molar-refractivity contribution in [2.24, 2.45) is 4.99 Å². The van der Waals surface area contributed by atoms with E-state index in [1.54, 1.807) is 0 Å². The van der Waals surface area contributed by atoms with Crippen molar-refractivity contribution in [2.45, 2.75) is 41.5 Å². The molecule has 114 valence electrons. The standard InChI is InChI=1S/C19H23N3/c1-10-7-8-16(20-10)19-14(5)13(4)18(22-19)9-17-12(3)11(2)15(6)21-17/h7-9,20-21H,1-6H3. The lowest BCUT2D eigenvalue weighted by Gasteiger charge is -1.99. The van der Waals surface area contributed by atoms with Crippen molar-refractivity contribution in [2.75, 3.05) is 0 Å². The summed E-state index contributed by atoms with van der Waals surface area (Å²) in [6.45, 7) is 12.8. The SMILES string of the molecule is CC1=C(C)C(c2ccc(C)[nH]2)=NC1=Cc1[nH]c(C)c(C)c1C. The molecule has 1 aliphatic rings. The van der Waals surface area contributed by atoms with Crippen molar-refractivity contribution in [3.63, 3.8) is 0 Å². The fraction of sp³-hybridized carbons (Fsp3) is 0.316. The first-order chi connectivity index (χ1) is 10.4. The van der Waals surface area contributed by atoms with Crippen LogP contribution >= 0.6 is 0 Å². The summed E-state index contributed by atoms with van der Waals surface area (Å²) in [4.78, 5) is 11.7. The summed E-state index contributed by atoms with van der Waals surface area (Å²) >= 11 is 0. The predicted molar refractivity (Wildman–Crippen MR) is 93.4 cm³/mol. The van der Waals surface area contributed by atoms with E-state index < -0.39 is 0 Å². The lowest BCUT2D eigenvalue weighted by Crippen LogP contribution is -2.00. The minimum atomic E-state index is 1.05. The Morgan fingerprint density at radius 3 is 2.14 bits per heavy atom. The molecule has 0 saturated heterocycles. The summed E-state index contributed by atoms with van der Waals surface area (Å²) in [7, 11) is 0. The fourth-order valence-corrected chi connectivity index (χ4v) is 2.86. The lowest BCUT2D eigenvalue weighted by atomic mass is 10.0. The number of H-pyrrole nitrogens is 2. The summed E-state index contributed by atoms with van der Waals surface area (Å²) in [6.07, 6.45) is 2.16. The van der Waals surface area contributed by atoms with Crippen molar-refractivity contribution in [3.05, 3.63) is 62.9 Å². The maximum atomic E-state index is 4.86. The number of hydrogen-bond donors (Lipinski definition) is 2. The Morgan fingerprint density at radius 1 is 0.864 bits per heavy atom. The zero-order valence-electron chi connectivity index (χ0n) is 14.2. The molecule has 2 aromatic heterocycles. The second-order valence-electron chi connectivity index (χ2n) is 6.21. The van der Waals surface area contributed by atoms with Gasteiger partial charge in [0.2, 0.25) is 0 Å². The van der Waals surface area contributed by atoms with Crippen LogP contribution in [0.25, 0.3) is 6.08 Å². The van der Waals surface area contributed by atoms with Gasteiger partial charge < -0.3 is 9.97 Å². The molecule has 0 amide bonds. The van der Waals surface area contributed by atoms with Gasteiger partial charge in [0, 0.05) is 17.1 Å². The third kappa shape index (κ3) is 2.27. The van der Waals surface area contributed by atoms with E-state index in [2.05, 4.69) is 69.7 Å². The first-order valence-corrected chi connectivity index (χ1v) is 7.69. The lowest BCUT2D eigenvalue weighted by molar-refractivity contribution is 1.21. The molecule has 3 rings (SSSR count). The van der Waals surface area contributed by atoms with Crippen LogP contribution in [0.2, 0.25) is 0 Å². The van der Waals surface area contributed by atoms with Crippen LogP contribution in [0.1, 0.15) is 47.8 Å². The van der Waals surface area contributed by atoms with Gasteiger partial charge in [-0.15, -0.1) is 0 Å². The molecular formula is C19H23N3. The Hall–Kier alpha value is -2.29. The first-order valence-electron chi connectivity index (χ1n) is 7.69. The second-order valence-corrected chi connectivity index (χ2v) is 6.21. The van der Waals surface area contributed by atoms with Gasteiger partial charge in [0.25, 0.3) is 0 Å². The summed E-state index contributed by atoms with van der Waals surface area (Å²) in [5.41, 5.74) is 11.8. The van der Waals surface area contributed by atoms with Crippen LogP contribution in [0.5, 0.6) is 0 Å². The molecule has 0 bridgehead atoms. The molecule has 2 N–H and O–H groups in total. The maximum absolute atomic E-state index is 4.86. The van der Waals surface area contributed by atoms with Crippen molar-refractivity contribution in [3.8, 4) is 0 Å². The van der Waals surface area contributed by atoms with Gasteiger partial charge >= 0.3 is 0 Å². The summed E-state index contributed by atoms with van der Waals surface area (Å²) in [6, 6.07) is 4.19. The molecule has 0 aliphatic carbocycles. The molecule has 3 heteroatoms. The van der Waals surface area contributed by atoms with E-state index in [9.17, 15) is 0 Å². The zero-order valence-corrected chi connectivity index (χ0v) is 14.2. The molecule has 3 nitrogen and oxygen atoms in total. The Balaban J connectivity index is 2.07. The normalized spacial score (nSPS) is 16.8. The van der Waals surface area contributed by atoms with Crippen LogP contribution in [-0.2, 0) is 0 Å². The van der Waals surface area contributed by atoms with Crippen LogP contribution in [0.4, 0.5) is 0 Å². The topological polar surface area (TPSA) is 43.9 Å².